The van der Waals surface area contributed by atoms with Crippen molar-refractivity contribution < 1.29 is 0 Å². The average Bonchev–Trinajstić information content (AvgIpc) is 3.62. The monoisotopic (exact) mass is 873 g/mol. The van der Waals surface area contributed by atoms with E-state index in [1.165, 1.54) is 106 Å². The number of nitrogens with zero attached hydrogens (tertiary/aromatic N) is 5. The highest BCUT2D eigenvalue weighted by Gasteiger charge is 2.26. The molecule has 0 N–H and O–H groups in total. The van der Waals surface area contributed by atoms with Crippen LogP contribution < -0.4 is 9.80 Å². The number of para-hydroxylation sites is 4. The van der Waals surface area contributed by atoms with Crippen LogP contribution in [0.2, 0.25) is 0 Å². The third kappa shape index (κ3) is 11.0. The predicted octanol–water partition coefficient (Wildman–Crippen LogP) is 12.7. The van der Waals surface area contributed by atoms with Crippen molar-refractivity contribution in [1.82, 2.24) is 14.7 Å². The molecule has 4 heterocycles. The van der Waals surface area contributed by atoms with E-state index in [0.717, 1.165) is 39.0 Å². The molecule has 4 aliphatic rings. The molecule has 6 aromatic rings. The zero-order valence-corrected chi connectivity index (χ0v) is 40.2. The van der Waals surface area contributed by atoms with Crippen LogP contribution in [-0.2, 0) is 25.7 Å². The standard InChI is InChI=1S/C19H24N2.C19H21NS.C18H22N2S/c1-20(2)14-7-15-21-18-10-5-3-8-16(18)12-13-17-9-4-6-11-19(17)21;1-20-11-8-15(9-12-20)19-16-5-3-2-4-14(16)6-7-18-17(19)10-13-21-18;1-14(12-19(2)3)13-20-15-8-4-6-10-17(15)21-18-11-7-5-9-16(18)20/h3-6,8-11H,7,12-15H2,1-2H3;2-5,10,13H,6-9,11-12H2,1H3;4-11,14H,12-13H2,1-3H3. The fourth-order valence-corrected chi connectivity index (χ4v) is 11.8. The van der Waals surface area contributed by atoms with Crippen molar-refractivity contribution in [3.05, 3.63) is 171 Å². The fraction of sp³-hybridized carbons (Fsp3) is 0.357. The minimum atomic E-state index is 0.615. The summed E-state index contributed by atoms with van der Waals surface area (Å²) in [4.78, 5) is 16.3. The van der Waals surface area contributed by atoms with Crippen LogP contribution in [0.15, 0.2) is 148 Å². The summed E-state index contributed by atoms with van der Waals surface area (Å²) in [5, 5.41) is 2.27. The van der Waals surface area contributed by atoms with Gasteiger partial charge in [-0.3, -0.25) is 0 Å². The lowest BCUT2D eigenvalue weighted by molar-refractivity contribution is 0.313. The van der Waals surface area contributed by atoms with E-state index >= 15 is 0 Å². The predicted molar refractivity (Wildman–Crippen MR) is 273 cm³/mol. The Balaban J connectivity index is 0.000000130. The van der Waals surface area contributed by atoms with Gasteiger partial charge in [-0.15, -0.1) is 11.3 Å². The molecule has 0 saturated carbocycles. The highest BCUT2D eigenvalue weighted by atomic mass is 32.2. The van der Waals surface area contributed by atoms with Crippen LogP contribution in [-0.4, -0.2) is 89.2 Å². The van der Waals surface area contributed by atoms with E-state index in [-0.39, 0.29) is 0 Å². The van der Waals surface area contributed by atoms with Gasteiger partial charge in [-0.1, -0.05) is 109 Å². The van der Waals surface area contributed by atoms with Gasteiger partial charge in [0.25, 0.3) is 0 Å². The molecule has 3 aliphatic heterocycles. The molecule has 1 unspecified atom stereocenters. The van der Waals surface area contributed by atoms with Crippen molar-refractivity contribution in [1.29, 1.82) is 0 Å². The number of thiophene rings is 1. The third-order valence-corrected chi connectivity index (χ3v) is 14.9. The molecule has 1 saturated heterocycles. The molecule has 0 spiro atoms. The Bertz CT molecular complexity index is 2360. The molecular formula is C56H67N5S2. The van der Waals surface area contributed by atoms with Gasteiger partial charge >= 0.3 is 0 Å². The smallest absolute Gasteiger partial charge is 0.0552 e. The van der Waals surface area contributed by atoms with Crippen LogP contribution in [0.3, 0.4) is 0 Å². The van der Waals surface area contributed by atoms with Crippen molar-refractivity contribution in [3.63, 3.8) is 0 Å². The number of benzene rings is 5. The van der Waals surface area contributed by atoms with E-state index in [0.29, 0.717) is 5.92 Å². The molecule has 1 aliphatic carbocycles. The quantitative estimate of drug-likeness (QED) is 0.150. The van der Waals surface area contributed by atoms with E-state index in [1.54, 1.807) is 16.0 Å². The first kappa shape index (κ1) is 45.0. The minimum Gasteiger partial charge on any atom is -0.341 e. The van der Waals surface area contributed by atoms with Crippen molar-refractivity contribution in [2.45, 2.75) is 61.7 Å². The van der Waals surface area contributed by atoms with Crippen LogP contribution in [0.5, 0.6) is 0 Å². The van der Waals surface area contributed by atoms with Gasteiger partial charge in [-0.25, -0.2) is 0 Å². The summed E-state index contributed by atoms with van der Waals surface area (Å²) in [5.41, 5.74) is 16.2. The summed E-state index contributed by atoms with van der Waals surface area (Å²) in [6, 6.07) is 46.6. The zero-order valence-electron chi connectivity index (χ0n) is 38.5. The minimum absolute atomic E-state index is 0.615. The summed E-state index contributed by atoms with van der Waals surface area (Å²) in [6.45, 7) is 9.07. The lowest BCUT2D eigenvalue weighted by Gasteiger charge is -2.35. The molecular weight excluding hydrogens is 807 g/mol. The average molecular weight is 874 g/mol. The largest absolute Gasteiger partial charge is 0.341 e. The Labute approximate surface area is 387 Å². The van der Waals surface area contributed by atoms with Crippen molar-refractivity contribution in [3.8, 4) is 0 Å². The molecule has 328 valence electrons. The highest BCUT2D eigenvalue weighted by Crippen LogP contribution is 2.48. The highest BCUT2D eigenvalue weighted by molar-refractivity contribution is 7.99. The Hall–Kier alpha value is -4.63. The van der Waals surface area contributed by atoms with Crippen molar-refractivity contribution in [2.24, 2.45) is 5.92 Å². The number of likely N-dealkylation sites (tertiary alicyclic amines) is 1. The van der Waals surface area contributed by atoms with Crippen LogP contribution in [0.25, 0.3) is 5.57 Å². The Morgan fingerprint density at radius 3 is 1.70 bits per heavy atom. The summed E-state index contributed by atoms with van der Waals surface area (Å²) in [6.07, 6.45) is 8.26. The fourth-order valence-electron chi connectivity index (χ4n) is 9.78. The number of rotatable bonds is 8. The molecule has 10 rings (SSSR count). The Morgan fingerprint density at radius 2 is 1.10 bits per heavy atom. The van der Waals surface area contributed by atoms with Crippen LogP contribution >= 0.6 is 23.1 Å². The normalized spacial score (nSPS) is 15.9. The molecule has 1 fully saturated rings. The summed E-state index contributed by atoms with van der Waals surface area (Å²) >= 11 is 3.81. The molecule has 1 aromatic heterocycles. The topological polar surface area (TPSA) is 16.2 Å². The molecule has 1 atom stereocenters. The first-order valence-electron chi connectivity index (χ1n) is 23.1. The van der Waals surface area contributed by atoms with Gasteiger partial charge in [0.15, 0.2) is 0 Å². The molecule has 0 bridgehead atoms. The molecule has 0 radical (unpaired) electrons. The van der Waals surface area contributed by atoms with Crippen LogP contribution in [0.4, 0.5) is 22.7 Å². The van der Waals surface area contributed by atoms with Crippen LogP contribution in [0, 0.1) is 5.92 Å². The van der Waals surface area contributed by atoms with E-state index < -0.39 is 0 Å². The van der Waals surface area contributed by atoms with Crippen molar-refractivity contribution >= 4 is 51.4 Å². The molecule has 7 heteroatoms. The lowest BCUT2D eigenvalue weighted by Crippen LogP contribution is -2.31. The summed E-state index contributed by atoms with van der Waals surface area (Å²) in [7, 11) is 10.8. The molecule has 5 nitrogen and oxygen atoms in total. The summed E-state index contributed by atoms with van der Waals surface area (Å²) in [5.74, 6) is 0.615. The van der Waals surface area contributed by atoms with E-state index in [4.69, 9.17) is 0 Å². The van der Waals surface area contributed by atoms with E-state index in [1.807, 2.05) is 23.1 Å². The maximum Gasteiger partial charge on any atom is 0.0552 e. The zero-order chi connectivity index (χ0) is 43.7. The first-order chi connectivity index (χ1) is 30.7. The molecule has 0 amide bonds. The van der Waals surface area contributed by atoms with Gasteiger partial charge in [-0.05, 0) is 174 Å². The van der Waals surface area contributed by atoms with Gasteiger partial charge in [-0.2, -0.15) is 0 Å². The van der Waals surface area contributed by atoms with Gasteiger partial charge in [0, 0.05) is 58.8 Å². The number of fused-ring (bicyclic) bond motifs is 6. The maximum atomic E-state index is 2.52. The van der Waals surface area contributed by atoms with Crippen molar-refractivity contribution in [2.75, 3.05) is 84.3 Å². The second kappa shape index (κ2) is 21.4. The summed E-state index contributed by atoms with van der Waals surface area (Å²) < 4.78 is 0. The van der Waals surface area contributed by atoms with E-state index in [2.05, 4.69) is 199 Å². The van der Waals surface area contributed by atoms with Crippen LogP contribution in [0.1, 0.15) is 58.9 Å². The Kier molecular flexibility index (Phi) is 15.2. The number of hydrogen-bond acceptors (Lipinski definition) is 7. The molecule has 5 aromatic carbocycles. The SMILES string of the molecule is CC(CN(C)C)CN1c2ccccc2Sc2ccccc21.CN(C)CCCN1c2ccccc2CCc2ccccc21.CN1CCC(=C2c3ccccc3CCc3sccc32)CC1. The number of hydrogen-bond donors (Lipinski definition) is 0. The Morgan fingerprint density at radius 1 is 0.556 bits per heavy atom. The first-order valence-corrected chi connectivity index (χ1v) is 24.8. The van der Waals surface area contributed by atoms with Gasteiger partial charge < -0.3 is 24.5 Å². The number of aryl methyl sites for hydroxylation is 4. The van der Waals surface area contributed by atoms with Gasteiger partial charge in [0.05, 0.1) is 11.4 Å². The maximum absolute atomic E-state index is 2.52. The molecule has 63 heavy (non-hydrogen) atoms. The number of piperidine rings is 1. The van der Waals surface area contributed by atoms with Gasteiger partial charge in [0.2, 0.25) is 0 Å². The second-order valence-corrected chi connectivity index (χ2v) is 20.4. The lowest BCUT2D eigenvalue weighted by atomic mass is 9.88. The third-order valence-electron chi connectivity index (χ3n) is 12.8. The van der Waals surface area contributed by atoms with E-state index in [9.17, 15) is 0 Å². The second-order valence-electron chi connectivity index (χ2n) is 18.3. The van der Waals surface area contributed by atoms with Gasteiger partial charge in [0.1, 0.15) is 0 Å². The number of anilines is 4.